The molecule has 0 bridgehead atoms. The number of hydrogen-bond donors (Lipinski definition) is 1. The average molecular weight is 288 g/mol. The highest BCUT2D eigenvalue weighted by atomic mass is 79.9. The minimum Gasteiger partial charge on any atom is -0.310 e. The Balaban J connectivity index is 2.66. The van der Waals surface area contributed by atoms with Gasteiger partial charge in [-0.2, -0.15) is 0 Å². The molecule has 1 aromatic rings. The zero-order valence-electron chi connectivity index (χ0n) is 9.51. The highest BCUT2D eigenvalue weighted by Crippen LogP contribution is 2.25. The highest BCUT2D eigenvalue weighted by Gasteiger charge is 2.02. The summed E-state index contributed by atoms with van der Waals surface area (Å²) in [5, 5.41) is 3.42. The third-order valence-corrected chi connectivity index (χ3v) is 3.65. The van der Waals surface area contributed by atoms with Crippen LogP contribution in [0.25, 0.3) is 0 Å². The molecular weight excluding hydrogens is 270 g/mol. The van der Waals surface area contributed by atoms with Crippen LogP contribution in [-0.2, 0) is 6.54 Å². The fourth-order valence-corrected chi connectivity index (χ4v) is 2.61. The van der Waals surface area contributed by atoms with Crippen molar-refractivity contribution in [1.82, 2.24) is 5.32 Å². The van der Waals surface area contributed by atoms with Crippen LogP contribution in [0.2, 0.25) is 0 Å². The quantitative estimate of drug-likeness (QED) is 0.820. The Kier molecular flexibility index (Phi) is 5.72. The Hall–Kier alpha value is 0.01000. The maximum atomic E-state index is 3.61. The van der Waals surface area contributed by atoms with Gasteiger partial charge in [0.2, 0.25) is 0 Å². The second-order valence-electron chi connectivity index (χ2n) is 3.72. The van der Waals surface area contributed by atoms with E-state index in [1.54, 1.807) is 0 Å². The summed E-state index contributed by atoms with van der Waals surface area (Å²) in [6.45, 7) is 7.42. The number of thioether (sulfide) groups is 1. The molecule has 0 fully saturated rings. The maximum Gasteiger partial charge on any atom is 0.0231 e. The van der Waals surface area contributed by atoms with Crippen molar-refractivity contribution in [1.29, 1.82) is 0 Å². The summed E-state index contributed by atoms with van der Waals surface area (Å²) in [7, 11) is 0. The lowest BCUT2D eigenvalue weighted by atomic mass is 10.2. The summed E-state index contributed by atoms with van der Waals surface area (Å²) < 4.78 is 1.20. The van der Waals surface area contributed by atoms with Crippen molar-refractivity contribution in [3.8, 4) is 0 Å². The fourth-order valence-electron chi connectivity index (χ4n) is 1.24. The molecule has 0 spiro atoms. The number of halogens is 1. The van der Waals surface area contributed by atoms with Gasteiger partial charge in [-0.25, -0.2) is 0 Å². The molecule has 0 heterocycles. The van der Waals surface area contributed by atoms with Crippen molar-refractivity contribution in [3.63, 3.8) is 0 Å². The van der Waals surface area contributed by atoms with Gasteiger partial charge in [0.05, 0.1) is 0 Å². The van der Waals surface area contributed by atoms with Gasteiger partial charge in [0.1, 0.15) is 0 Å². The highest BCUT2D eigenvalue weighted by molar-refractivity contribution is 9.10. The Labute approximate surface area is 105 Å². The summed E-state index contributed by atoms with van der Waals surface area (Å²) in [5.41, 5.74) is 1.32. The first-order chi connectivity index (χ1) is 7.13. The van der Waals surface area contributed by atoms with E-state index in [0.717, 1.165) is 12.3 Å². The predicted octanol–water partition coefficient (Wildman–Crippen LogP) is 4.06. The summed E-state index contributed by atoms with van der Waals surface area (Å²) in [6, 6.07) is 7.11. The van der Waals surface area contributed by atoms with Crippen molar-refractivity contribution in [2.24, 2.45) is 0 Å². The summed E-state index contributed by atoms with van der Waals surface area (Å²) >= 11 is 5.49. The predicted molar refractivity (Wildman–Crippen MR) is 72.5 cm³/mol. The maximum absolute atomic E-state index is 3.61. The number of rotatable bonds is 5. The van der Waals surface area contributed by atoms with E-state index in [4.69, 9.17) is 0 Å². The molecule has 0 radical (unpaired) electrons. The zero-order valence-corrected chi connectivity index (χ0v) is 11.9. The van der Waals surface area contributed by atoms with Crippen LogP contribution < -0.4 is 5.32 Å². The molecule has 0 atom stereocenters. The third kappa shape index (κ3) is 4.58. The monoisotopic (exact) mass is 287 g/mol. The van der Waals surface area contributed by atoms with Crippen LogP contribution in [0.4, 0.5) is 0 Å². The van der Waals surface area contributed by atoms with Gasteiger partial charge in [-0.05, 0) is 23.4 Å². The molecule has 0 amide bonds. The third-order valence-electron chi connectivity index (χ3n) is 2.04. The Bertz CT molecular complexity index is 312. The molecule has 0 aliphatic carbocycles. The minimum absolute atomic E-state index is 0.529. The van der Waals surface area contributed by atoms with E-state index in [2.05, 4.69) is 60.2 Å². The Morgan fingerprint density at radius 2 is 2.13 bits per heavy atom. The largest absolute Gasteiger partial charge is 0.310 e. The fraction of sp³-hybridized carbons (Fsp3) is 0.500. The van der Waals surface area contributed by atoms with E-state index < -0.39 is 0 Å². The molecule has 0 aliphatic heterocycles. The van der Waals surface area contributed by atoms with Crippen LogP contribution >= 0.6 is 27.7 Å². The van der Waals surface area contributed by atoms with Crippen molar-refractivity contribution < 1.29 is 0 Å². The van der Waals surface area contributed by atoms with E-state index in [9.17, 15) is 0 Å². The number of hydrogen-bond acceptors (Lipinski definition) is 2. The first kappa shape index (κ1) is 13.1. The molecule has 0 saturated heterocycles. The lowest BCUT2D eigenvalue weighted by Crippen LogP contribution is -2.21. The van der Waals surface area contributed by atoms with E-state index in [1.807, 2.05) is 11.8 Å². The molecular formula is C12H18BrNS. The lowest BCUT2D eigenvalue weighted by Gasteiger charge is -2.10. The van der Waals surface area contributed by atoms with Crippen LogP contribution in [0.5, 0.6) is 0 Å². The van der Waals surface area contributed by atoms with Crippen LogP contribution in [0.15, 0.2) is 27.6 Å². The summed E-state index contributed by atoms with van der Waals surface area (Å²) in [4.78, 5) is 1.33. The molecule has 84 valence electrons. The first-order valence-corrected chi connectivity index (χ1v) is 7.06. The van der Waals surface area contributed by atoms with Crippen molar-refractivity contribution in [2.75, 3.05) is 5.75 Å². The number of nitrogens with one attached hydrogen (secondary N) is 1. The van der Waals surface area contributed by atoms with Gasteiger partial charge in [-0.15, -0.1) is 11.8 Å². The Morgan fingerprint density at radius 1 is 1.40 bits per heavy atom. The smallest absolute Gasteiger partial charge is 0.0231 e. The van der Waals surface area contributed by atoms with Gasteiger partial charge in [0.15, 0.2) is 0 Å². The van der Waals surface area contributed by atoms with Gasteiger partial charge in [-0.3, -0.25) is 0 Å². The first-order valence-electron chi connectivity index (χ1n) is 5.28. The number of benzene rings is 1. The summed E-state index contributed by atoms with van der Waals surface area (Å²) in [5.74, 6) is 1.12. The van der Waals surface area contributed by atoms with Gasteiger partial charge >= 0.3 is 0 Å². The standard InChI is InChI=1S/C12H18BrNS/c1-4-15-11-6-5-10(12(13)7-11)8-14-9(2)3/h5-7,9,14H,4,8H2,1-3H3. The van der Waals surface area contributed by atoms with Crippen LogP contribution in [0.1, 0.15) is 26.3 Å². The van der Waals surface area contributed by atoms with Crippen molar-refractivity contribution in [3.05, 3.63) is 28.2 Å². The second kappa shape index (κ2) is 6.56. The molecule has 1 rings (SSSR count). The van der Waals surface area contributed by atoms with Gasteiger partial charge in [0, 0.05) is 22.0 Å². The van der Waals surface area contributed by atoms with Crippen molar-refractivity contribution in [2.45, 2.75) is 38.3 Å². The zero-order chi connectivity index (χ0) is 11.3. The SMILES string of the molecule is CCSc1ccc(CNC(C)C)c(Br)c1. The van der Waals surface area contributed by atoms with E-state index in [0.29, 0.717) is 6.04 Å². The minimum atomic E-state index is 0.529. The molecule has 0 unspecified atom stereocenters. The van der Waals surface area contributed by atoms with Gasteiger partial charge in [0.25, 0.3) is 0 Å². The Morgan fingerprint density at radius 3 is 2.67 bits per heavy atom. The van der Waals surface area contributed by atoms with E-state index in [-0.39, 0.29) is 0 Å². The second-order valence-corrected chi connectivity index (χ2v) is 5.91. The van der Waals surface area contributed by atoms with E-state index >= 15 is 0 Å². The van der Waals surface area contributed by atoms with Crippen LogP contribution in [0, 0.1) is 0 Å². The molecule has 0 saturated carbocycles. The average Bonchev–Trinajstić information content (AvgIpc) is 2.17. The lowest BCUT2D eigenvalue weighted by molar-refractivity contribution is 0.587. The van der Waals surface area contributed by atoms with Gasteiger partial charge in [-0.1, -0.05) is 42.8 Å². The van der Waals surface area contributed by atoms with E-state index in [1.165, 1.54) is 14.9 Å². The van der Waals surface area contributed by atoms with Crippen molar-refractivity contribution >= 4 is 27.7 Å². The molecule has 1 nitrogen and oxygen atoms in total. The molecule has 15 heavy (non-hydrogen) atoms. The molecule has 0 aliphatic rings. The van der Waals surface area contributed by atoms with Crippen LogP contribution in [0.3, 0.4) is 0 Å². The van der Waals surface area contributed by atoms with Crippen LogP contribution in [-0.4, -0.2) is 11.8 Å². The normalized spacial score (nSPS) is 11.0. The molecule has 1 aromatic carbocycles. The molecule has 0 aromatic heterocycles. The summed E-state index contributed by atoms with van der Waals surface area (Å²) in [6.07, 6.45) is 0. The molecule has 1 N–H and O–H groups in total. The molecule has 3 heteroatoms. The van der Waals surface area contributed by atoms with Gasteiger partial charge < -0.3 is 5.32 Å². The topological polar surface area (TPSA) is 12.0 Å².